The van der Waals surface area contributed by atoms with Crippen molar-refractivity contribution >= 4 is 38.3 Å². The Morgan fingerprint density at radius 2 is 1.88 bits per heavy atom. The molecule has 0 radical (unpaired) electrons. The van der Waals surface area contributed by atoms with E-state index in [4.69, 9.17) is 9.47 Å². The first-order valence-electron chi connectivity index (χ1n) is 8.35. The van der Waals surface area contributed by atoms with Crippen molar-refractivity contribution in [2.45, 2.75) is 12.3 Å². The fourth-order valence-corrected chi connectivity index (χ4v) is 4.26. The highest BCUT2D eigenvalue weighted by atomic mass is 79.9. The molecule has 0 saturated carbocycles. The van der Waals surface area contributed by atoms with Crippen molar-refractivity contribution in [3.05, 3.63) is 64.1 Å². The quantitative estimate of drug-likeness (QED) is 0.652. The van der Waals surface area contributed by atoms with Crippen LogP contribution in [0.25, 0.3) is 10.8 Å². The predicted octanol–water partition coefficient (Wildman–Crippen LogP) is 5.09. The van der Waals surface area contributed by atoms with E-state index >= 15 is 0 Å². The molecule has 1 amide bonds. The van der Waals surface area contributed by atoms with Crippen molar-refractivity contribution in [3.63, 3.8) is 0 Å². The van der Waals surface area contributed by atoms with Crippen LogP contribution in [0.15, 0.2) is 53.0 Å². The van der Waals surface area contributed by atoms with E-state index < -0.39 is 0 Å². The maximum Gasteiger partial charge on any atom is 0.225 e. The zero-order chi connectivity index (χ0) is 18.3. The lowest BCUT2D eigenvalue weighted by Gasteiger charge is -2.28. The number of anilines is 1. The standard InChI is InChI=1S/C21H18BrNO3/c1-25-18-10-13(9-17(22)21(18)26-2)16-11-19(24)23-20-14-6-4-3-5-12(14)7-8-15(16)20/h3-10,16H,11H2,1-2H3,(H,23,24). The maximum atomic E-state index is 12.4. The molecule has 1 heterocycles. The Morgan fingerprint density at radius 3 is 2.65 bits per heavy atom. The smallest absolute Gasteiger partial charge is 0.225 e. The zero-order valence-electron chi connectivity index (χ0n) is 14.5. The molecule has 0 fully saturated rings. The third kappa shape index (κ3) is 2.72. The number of ether oxygens (including phenoxy) is 2. The lowest BCUT2D eigenvalue weighted by Crippen LogP contribution is -2.23. The summed E-state index contributed by atoms with van der Waals surface area (Å²) in [5.41, 5.74) is 3.03. The number of amides is 1. The molecule has 5 heteroatoms. The molecule has 1 aliphatic rings. The Kier molecular flexibility index (Phi) is 4.32. The van der Waals surface area contributed by atoms with Crippen LogP contribution in [-0.2, 0) is 4.79 Å². The van der Waals surface area contributed by atoms with Crippen LogP contribution in [0.5, 0.6) is 11.5 Å². The summed E-state index contributed by atoms with van der Waals surface area (Å²) in [5.74, 6) is 1.27. The number of methoxy groups -OCH3 is 2. The van der Waals surface area contributed by atoms with Gasteiger partial charge in [-0.1, -0.05) is 36.4 Å². The van der Waals surface area contributed by atoms with Crippen LogP contribution in [0.3, 0.4) is 0 Å². The second-order valence-electron chi connectivity index (χ2n) is 6.29. The van der Waals surface area contributed by atoms with Crippen LogP contribution < -0.4 is 14.8 Å². The average molecular weight is 412 g/mol. The lowest BCUT2D eigenvalue weighted by molar-refractivity contribution is -0.116. The number of benzene rings is 3. The summed E-state index contributed by atoms with van der Waals surface area (Å²) in [7, 11) is 3.22. The van der Waals surface area contributed by atoms with Gasteiger partial charge in [-0.3, -0.25) is 4.79 Å². The molecule has 0 spiro atoms. The van der Waals surface area contributed by atoms with Gasteiger partial charge in [0.05, 0.1) is 24.4 Å². The van der Waals surface area contributed by atoms with Crippen molar-refractivity contribution in [3.8, 4) is 11.5 Å². The van der Waals surface area contributed by atoms with E-state index in [1.807, 2.05) is 30.3 Å². The van der Waals surface area contributed by atoms with Gasteiger partial charge in [0, 0.05) is 17.7 Å². The number of hydrogen-bond acceptors (Lipinski definition) is 3. The first kappa shape index (κ1) is 16.9. The minimum absolute atomic E-state index is 0.0183. The molecule has 0 aliphatic carbocycles. The molecule has 0 bridgehead atoms. The summed E-state index contributed by atoms with van der Waals surface area (Å²) < 4.78 is 11.7. The highest BCUT2D eigenvalue weighted by Gasteiger charge is 2.29. The molecule has 1 aliphatic heterocycles. The van der Waals surface area contributed by atoms with Crippen LogP contribution in [0.4, 0.5) is 5.69 Å². The van der Waals surface area contributed by atoms with Crippen molar-refractivity contribution in [1.29, 1.82) is 0 Å². The van der Waals surface area contributed by atoms with Crippen LogP contribution in [0.2, 0.25) is 0 Å². The van der Waals surface area contributed by atoms with Gasteiger partial charge in [-0.15, -0.1) is 0 Å². The molecule has 1 unspecified atom stereocenters. The van der Waals surface area contributed by atoms with Crippen molar-refractivity contribution < 1.29 is 14.3 Å². The molecule has 26 heavy (non-hydrogen) atoms. The average Bonchev–Trinajstić information content (AvgIpc) is 2.66. The summed E-state index contributed by atoms with van der Waals surface area (Å²) >= 11 is 3.55. The second kappa shape index (κ2) is 6.65. The fourth-order valence-electron chi connectivity index (χ4n) is 3.64. The molecule has 0 aromatic heterocycles. The number of halogens is 1. The van der Waals surface area contributed by atoms with Gasteiger partial charge in [0.15, 0.2) is 11.5 Å². The topological polar surface area (TPSA) is 47.6 Å². The van der Waals surface area contributed by atoms with Gasteiger partial charge in [-0.2, -0.15) is 0 Å². The Morgan fingerprint density at radius 1 is 1.08 bits per heavy atom. The minimum Gasteiger partial charge on any atom is -0.493 e. The van der Waals surface area contributed by atoms with Crippen LogP contribution >= 0.6 is 15.9 Å². The van der Waals surface area contributed by atoms with Gasteiger partial charge in [-0.05, 0) is 44.6 Å². The number of rotatable bonds is 3. The molecule has 4 nitrogen and oxygen atoms in total. The molecule has 4 rings (SSSR count). The zero-order valence-corrected chi connectivity index (χ0v) is 16.1. The van der Waals surface area contributed by atoms with Crippen molar-refractivity contribution in [2.75, 3.05) is 19.5 Å². The first-order chi connectivity index (χ1) is 12.6. The van der Waals surface area contributed by atoms with Gasteiger partial charge in [0.25, 0.3) is 0 Å². The van der Waals surface area contributed by atoms with E-state index in [0.29, 0.717) is 17.9 Å². The Bertz CT molecular complexity index is 1020. The summed E-state index contributed by atoms with van der Waals surface area (Å²) in [6, 6.07) is 16.3. The number of carbonyl (C=O) groups is 1. The summed E-state index contributed by atoms with van der Waals surface area (Å²) in [5, 5.41) is 5.23. The number of carbonyl (C=O) groups excluding carboxylic acids is 1. The molecule has 0 saturated heterocycles. The molecule has 3 aromatic carbocycles. The number of hydrogen-bond donors (Lipinski definition) is 1. The Hall–Kier alpha value is -2.53. The van der Waals surface area contributed by atoms with E-state index in [2.05, 4.69) is 39.4 Å². The monoisotopic (exact) mass is 411 g/mol. The predicted molar refractivity (Wildman–Crippen MR) is 106 cm³/mol. The van der Waals surface area contributed by atoms with Crippen LogP contribution in [0.1, 0.15) is 23.5 Å². The van der Waals surface area contributed by atoms with E-state index in [1.54, 1.807) is 14.2 Å². The van der Waals surface area contributed by atoms with Crippen molar-refractivity contribution in [2.24, 2.45) is 0 Å². The number of fused-ring (bicyclic) bond motifs is 3. The molecule has 132 valence electrons. The summed E-state index contributed by atoms with van der Waals surface area (Å²) in [6.07, 6.45) is 0.396. The highest BCUT2D eigenvalue weighted by Crippen LogP contribution is 2.45. The third-order valence-corrected chi connectivity index (χ3v) is 5.44. The summed E-state index contributed by atoms with van der Waals surface area (Å²) in [4.78, 5) is 12.4. The normalized spacial score (nSPS) is 16.1. The van der Waals surface area contributed by atoms with E-state index in [1.165, 1.54) is 0 Å². The minimum atomic E-state index is -0.0422. The highest BCUT2D eigenvalue weighted by molar-refractivity contribution is 9.10. The van der Waals surface area contributed by atoms with Gasteiger partial charge < -0.3 is 14.8 Å². The number of nitrogens with one attached hydrogen (secondary N) is 1. The maximum absolute atomic E-state index is 12.4. The van der Waals surface area contributed by atoms with E-state index in [0.717, 1.165) is 32.1 Å². The first-order valence-corrected chi connectivity index (χ1v) is 9.14. The Balaban J connectivity index is 1.91. The van der Waals surface area contributed by atoms with E-state index in [-0.39, 0.29) is 11.8 Å². The van der Waals surface area contributed by atoms with Gasteiger partial charge >= 0.3 is 0 Å². The SMILES string of the molecule is COc1cc(C2CC(=O)Nc3c2ccc2ccccc32)cc(Br)c1OC. The molecule has 1 N–H and O–H groups in total. The van der Waals surface area contributed by atoms with Crippen LogP contribution in [0, 0.1) is 0 Å². The van der Waals surface area contributed by atoms with Gasteiger partial charge in [-0.25, -0.2) is 0 Å². The summed E-state index contributed by atoms with van der Waals surface area (Å²) in [6.45, 7) is 0. The molecular formula is C21H18BrNO3. The largest absolute Gasteiger partial charge is 0.493 e. The lowest BCUT2D eigenvalue weighted by atomic mass is 9.83. The molecular weight excluding hydrogens is 394 g/mol. The van der Waals surface area contributed by atoms with Crippen molar-refractivity contribution in [1.82, 2.24) is 0 Å². The fraction of sp³-hybridized carbons (Fsp3) is 0.190. The van der Waals surface area contributed by atoms with E-state index in [9.17, 15) is 4.79 Å². The Labute approximate surface area is 160 Å². The second-order valence-corrected chi connectivity index (χ2v) is 7.15. The van der Waals surface area contributed by atoms with Gasteiger partial charge in [0.1, 0.15) is 0 Å². The molecule has 1 atom stereocenters. The third-order valence-electron chi connectivity index (χ3n) is 4.85. The van der Waals surface area contributed by atoms with Crippen LogP contribution in [-0.4, -0.2) is 20.1 Å². The molecule has 3 aromatic rings. The van der Waals surface area contributed by atoms with Gasteiger partial charge in [0.2, 0.25) is 5.91 Å².